The van der Waals surface area contributed by atoms with Crippen LogP contribution in [0.3, 0.4) is 0 Å². The number of aromatic nitrogens is 1. The van der Waals surface area contributed by atoms with Crippen molar-refractivity contribution in [3.63, 3.8) is 0 Å². The summed E-state index contributed by atoms with van der Waals surface area (Å²) in [4.78, 5) is 0. The van der Waals surface area contributed by atoms with Gasteiger partial charge in [-0.1, -0.05) is 5.16 Å². The lowest BCUT2D eigenvalue weighted by atomic mass is 10.2. The van der Waals surface area contributed by atoms with Gasteiger partial charge >= 0.3 is 0 Å². The summed E-state index contributed by atoms with van der Waals surface area (Å²) < 4.78 is 26.6. The molecule has 1 aromatic rings. The minimum Gasteiger partial charge on any atom is -0.361 e. The van der Waals surface area contributed by atoms with E-state index in [0.717, 1.165) is 0 Å². The van der Waals surface area contributed by atoms with E-state index >= 15 is 0 Å². The van der Waals surface area contributed by atoms with Gasteiger partial charge in [0.25, 0.3) is 0 Å². The lowest BCUT2D eigenvalue weighted by Gasteiger charge is -2.09. The predicted octanol–water partition coefficient (Wildman–Crippen LogP) is 0.347. The lowest BCUT2D eigenvalue weighted by Crippen LogP contribution is -2.32. The van der Waals surface area contributed by atoms with E-state index < -0.39 is 14.8 Å². The van der Waals surface area contributed by atoms with Crippen LogP contribution in [0.1, 0.15) is 24.3 Å². The Kier molecular flexibility index (Phi) is 1.94. The Bertz CT molecular complexity index is 445. The molecule has 5 nitrogen and oxygen atoms in total. The first-order valence-corrected chi connectivity index (χ1v) is 5.92. The summed E-state index contributed by atoms with van der Waals surface area (Å²) in [6.07, 6.45) is 1.61. The standard InChI is InChI=1S/C8H12N2O3S/c1-6-4-7(10-13-6)5-8(2-3-8)14(9,11)12/h4H,2-3,5H2,1H3,(H2,9,11,12). The van der Waals surface area contributed by atoms with Crippen molar-refractivity contribution in [2.24, 2.45) is 5.14 Å². The van der Waals surface area contributed by atoms with Crippen molar-refractivity contribution >= 4 is 10.0 Å². The Morgan fingerprint density at radius 1 is 1.64 bits per heavy atom. The molecule has 2 rings (SSSR count). The Morgan fingerprint density at radius 2 is 2.29 bits per heavy atom. The van der Waals surface area contributed by atoms with E-state index in [1.54, 1.807) is 13.0 Å². The average molecular weight is 216 g/mol. The van der Waals surface area contributed by atoms with E-state index in [2.05, 4.69) is 5.16 Å². The fourth-order valence-corrected chi connectivity index (χ4v) is 2.55. The van der Waals surface area contributed by atoms with Crippen molar-refractivity contribution in [3.05, 3.63) is 17.5 Å². The normalized spacial score (nSPS) is 19.6. The van der Waals surface area contributed by atoms with Gasteiger partial charge in [-0.25, -0.2) is 13.6 Å². The SMILES string of the molecule is Cc1cc(CC2(S(N)(=O)=O)CC2)no1. The second-order valence-corrected chi connectivity index (χ2v) is 5.79. The third kappa shape index (κ3) is 1.55. The molecular weight excluding hydrogens is 204 g/mol. The van der Waals surface area contributed by atoms with Crippen LogP contribution >= 0.6 is 0 Å². The van der Waals surface area contributed by atoms with E-state index in [4.69, 9.17) is 9.66 Å². The van der Waals surface area contributed by atoms with Gasteiger partial charge in [-0.3, -0.25) is 0 Å². The molecule has 0 radical (unpaired) electrons. The monoisotopic (exact) mass is 216 g/mol. The molecule has 1 fully saturated rings. The molecule has 0 amide bonds. The zero-order chi connectivity index (χ0) is 10.4. The maximum absolute atomic E-state index is 11.2. The Labute approximate surface area is 82.3 Å². The highest BCUT2D eigenvalue weighted by molar-refractivity contribution is 7.90. The van der Waals surface area contributed by atoms with E-state index in [-0.39, 0.29) is 0 Å². The van der Waals surface area contributed by atoms with Crippen molar-refractivity contribution < 1.29 is 12.9 Å². The average Bonchev–Trinajstić information content (AvgIpc) is 2.71. The summed E-state index contributed by atoms with van der Waals surface area (Å²) in [6.45, 7) is 1.77. The molecule has 1 saturated carbocycles. The van der Waals surface area contributed by atoms with Gasteiger partial charge in [-0.05, 0) is 19.8 Å². The number of rotatable bonds is 3. The molecule has 1 aliphatic carbocycles. The number of hydrogen-bond acceptors (Lipinski definition) is 4. The molecule has 0 aromatic carbocycles. The van der Waals surface area contributed by atoms with Gasteiger partial charge in [-0.2, -0.15) is 0 Å². The first kappa shape index (κ1) is 9.67. The van der Waals surface area contributed by atoms with Gasteiger partial charge in [-0.15, -0.1) is 0 Å². The van der Waals surface area contributed by atoms with Crippen molar-refractivity contribution in [1.82, 2.24) is 5.16 Å². The topological polar surface area (TPSA) is 86.2 Å². The summed E-state index contributed by atoms with van der Waals surface area (Å²) in [7, 11) is -3.46. The van der Waals surface area contributed by atoms with Crippen LogP contribution in [-0.2, 0) is 16.4 Å². The van der Waals surface area contributed by atoms with Crippen LogP contribution in [-0.4, -0.2) is 18.3 Å². The largest absolute Gasteiger partial charge is 0.361 e. The molecule has 0 aliphatic heterocycles. The fourth-order valence-electron chi connectivity index (χ4n) is 1.53. The van der Waals surface area contributed by atoms with Crippen LogP contribution in [0.4, 0.5) is 0 Å². The number of aryl methyl sites for hydroxylation is 1. The summed E-state index contributed by atoms with van der Waals surface area (Å²) >= 11 is 0. The smallest absolute Gasteiger partial charge is 0.215 e. The lowest BCUT2D eigenvalue weighted by molar-refractivity contribution is 0.389. The summed E-state index contributed by atoms with van der Waals surface area (Å²) in [5, 5.41) is 8.90. The van der Waals surface area contributed by atoms with E-state index in [0.29, 0.717) is 30.7 Å². The third-order valence-corrected chi connectivity index (χ3v) is 4.35. The second-order valence-electron chi connectivity index (χ2n) is 3.83. The maximum atomic E-state index is 11.2. The molecular formula is C8H12N2O3S. The Balaban J connectivity index is 2.20. The summed E-state index contributed by atoms with van der Waals surface area (Å²) in [5.74, 6) is 0.685. The number of nitrogens with zero attached hydrogens (tertiary/aromatic N) is 1. The van der Waals surface area contributed by atoms with Crippen molar-refractivity contribution in [2.75, 3.05) is 0 Å². The highest BCUT2D eigenvalue weighted by Crippen LogP contribution is 2.44. The van der Waals surface area contributed by atoms with E-state index in [9.17, 15) is 8.42 Å². The fraction of sp³-hybridized carbons (Fsp3) is 0.625. The van der Waals surface area contributed by atoms with Crippen LogP contribution < -0.4 is 5.14 Å². The predicted molar refractivity (Wildman–Crippen MR) is 50.0 cm³/mol. The van der Waals surface area contributed by atoms with Gasteiger partial charge < -0.3 is 4.52 Å². The van der Waals surface area contributed by atoms with Gasteiger partial charge in [0.1, 0.15) is 5.76 Å². The second kappa shape index (κ2) is 2.80. The molecule has 1 aliphatic rings. The van der Waals surface area contributed by atoms with Gasteiger partial charge in [0.2, 0.25) is 10.0 Å². The van der Waals surface area contributed by atoms with Crippen LogP contribution in [0.25, 0.3) is 0 Å². The minimum atomic E-state index is -3.46. The maximum Gasteiger partial charge on any atom is 0.215 e. The minimum absolute atomic E-state index is 0.364. The van der Waals surface area contributed by atoms with Crippen molar-refractivity contribution in [1.29, 1.82) is 0 Å². The summed E-state index contributed by atoms with van der Waals surface area (Å²) in [5.41, 5.74) is 0.661. The van der Waals surface area contributed by atoms with Gasteiger partial charge in [0, 0.05) is 12.5 Å². The molecule has 1 aromatic heterocycles. The van der Waals surface area contributed by atoms with Gasteiger partial charge in [0.05, 0.1) is 10.4 Å². The van der Waals surface area contributed by atoms with Crippen molar-refractivity contribution in [2.45, 2.75) is 30.9 Å². The number of hydrogen-bond donors (Lipinski definition) is 1. The quantitative estimate of drug-likeness (QED) is 0.789. The van der Waals surface area contributed by atoms with E-state index in [1.807, 2.05) is 0 Å². The molecule has 1 heterocycles. The molecule has 0 atom stereocenters. The first-order valence-electron chi connectivity index (χ1n) is 4.38. The van der Waals surface area contributed by atoms with E-state index in [1.165, 1.54) is 0 Å². The van der Waals surface area contributed by atoms with Gasteiger partial charge in [0.15, 0.2) is 0 Å². The number of nitrogens with two attached hydrogens (primary N) is 1. The molecule has 0 spiro atoms. The first-order chi connectivity index (χ1) is 6.43. The zero-order valence-electron chi connectivity index (χ0n) is 7.86. The Hall–Kier alpha value is -0.880. The zero-order valence-corrected chi connectivity index (χ0v) is 8.67. The molecule has 2 N–H and O–H groups in total. The highest BCUT2D eigenvalue weighted by Gasteiger charge is 2.53. The number of primary sulfonamides is 1. The molecule has 14 heavy (non-hydrogen) atoms. The van der Waals surface area contributed by atoms with Crippen molar-refractivity contribution in [3.8, 4) is 0 Å². The van der Waals surface area contributed by atoms with Crippen LogP contribution in [0, 0.1) is 6.92 Å². The molecule has 0 saturated heterocycles. The molecule has 0 unspecified atom stereocenters. The van der Waals surface area contributed by atoms with Crippen LogP contribution in [0.2, 0.25) is 0 Å². The molecule has 0 bridgehead atoms. The van der Waals surface area contributed by atoms with Crippen LogP contribution in [0.15, 0.2) is 10.6 Å². The third-order valence-electron chi connectivity index (χ3n) is 2.59. The molecule has 6 heteroatoms. The molecule has 78 valence electrons. The summed E-state index contributed by atoms with van der Waals surface area (Å²) in [6, 6.07) is 1.74. The Morgan fingerprint density at radius 3 is 2.64 bits per heavy atom. The highest BCUT2D eigenvalue weighted by atomic mass is 32.2. The number of sulfonamides is 1. The van der Waals surface area contributed by atoms with Crippen LogP contribution in [0.5, 0.6) is 0 Å².